The summed E-state index contributed by atoms with van der Waals surface area (Å²) in [4.78, 5) is 0. The smallest absolute Gasteiger partial charge is 0.0804 e. The molecule has 0 spiro atoms. The number of rotatable bonds is 4. The molecule has 0 saturated heterocycles. The van der Waals surface area contributed by atoms with Crippen LogP contribution in [0.15, 0.2) is 48.5 Å². The minimum atomic E-state index is -0.462. The van der Waals surface area contributed by atoms with Crippen molar-refractivity contribution < 1.29 is 5.11 Å². The summed E-state index contributed by atoms with van der Waals surface area (Å²) in [6.07, 6.45) is 1.11. The maximum absolute atomic E-state index is 10.2. The lowest BCUT2D eigenvalue weighted by Crippen LogP contribution is -2.02. The fourth-order valence-electron chi connectivity index (χ4n) is 1.87. The molecular weight excluding hydrogens is 359 g/mol. The summed E-state index contributed by atoms with van der Waals surface area (Å²) in [5.41, 5.74) is 2.16. The first-order chi connectivity index (χ1) is 8.66. The Morgan fingerprint density at radius 1 is 1.11 bits per heavy atom. The molecule has 1 atom stereocenters. The highest BCUT2D eigenvalue weighted by Crippen LogP contribution is 2.26. The highest BCUT2D eigenvalue weighted by molar-refractivity contribution is 14.1. The molecule has 1 N–H and O–H groups in total. The van der Waals surface area contributed by atoms with Gasteiger partial charge in [0.05, 0.1) is 6.10 Å². The van der Waals surface area contributed by atoms with Gasteiger partial charge in [-0.05, 0) is 64.8 Å². The van der Waals surface area contributed by atoms with Crippen LogP contribution in [0.4, 0.5) is 0 Å². The maximum atomic E-state index is 10.2. The van der Waals surface area contributed by atoms with Gasteiger partial charge in [-0.25, -0.2) is 0 Å². The van der Waals surface area contributed by atoms with Crippen molar-refractivity contribution in [3.63, 3.8) is 0 Å². The van der Waals surface area contributed by atoms with E-state index in [-0.39, 0.29) is 0 Å². The molecule has 0 aliphatic rings. The van der Waals surface area contributed by atoms with E-state index in [4.69, 9.17) is 11.6 Å². The summed E-state index contributed by atoms with van der Waals surface area (Å²) in [5.74, 6) is 0. The van der Waals surface area contributed by atoms with Gasteiger partial charge in [0.2, 0.25) is 0 Å². The average molecular weight is 373 g/mol. The Kier molecular flexibility index (Phi) is 5.03. The van der Waals surface area contributed by atoms with Gasteiger partial charge in [0.25, 0.3) is 0 Å². The van der Waals surface area contributed by atoms with Crippen molar-refractivity contribution in [2.24, 2.45) is 0 Å². The molecule has 0 amide bonds. The van der Waals surface area contributed by atoms with E-state index in [1.54, 1.807) is 0 Å². The van der Waals surface area contributed by atoms with Gasteiger partial charge in [0, 0.05) is 8.59 Å². The summed E-state index contributed by atoms with van der Waals surface area (Å²) in [5, 5.41) is 10.9. The molecule has 2 aromatic carbocycles. The zero-order valence-corrected chi connectivity index (χ0v) is 12.7. The minimum absolute atomic E-state index is 0.462. The molecule has 0 heterocycles. The third kappa shape index (κ3) is 3.70. The van der Waals surface area contributed by atoms with Crippen LogP contribution in [0, 0.1) is 3.57 Å². The molecule has 0 aliphatic carbocycles. The van der Waals surface area contributed by atoms with E-state index in [1.807, 2.05) is 36.4 Å². The molecule has 1 nitrogen and oxygen atoms in total. The topological polar surface area (TPSA) is 20.2 Å². The van der Waals surface area contributed by atoms with E-state index < -0.39 is 6.10 Å². The zero-order valence-electron chi connectivity index (χ0n) is 9.81. The fourth-order valence-corrected chi connectivity index (χ4v) is 2.75. The maximum Gasteiger partial charge on any atom is 0.0804 e. The van der Waals surface area contributed by atoms with Crippen molar-refractivity contribution in [2.75, 3.05) is 0 Å². The first-order valence-electron chi connectivity index (χ1n) is 5.84. The molecule has 0 fully saturated rings. The van der Waals surface area contributed by atoms with Crippen molar-refractivity contribution in [3.05, 3.63) is 68.3 Å². The molecule has 0 aromatic heterocycles. The lowest BCUT2D eigenvalue weighted by molar-refractivity contribution is 0.167. The van der Waals surface area contributed by atoms with Crippen molar-refractivity contribution in [2.45, 2.75) is 18.9 Å². The van der Waals surface area contributed by atoms with Crippen LogP contribution in [0.5, 0.6) is 0 Å². The van der Waals surface area contributed by atoms with Crippen LogP contribution in [-0.2, 0) is 6.42 Å². The van der Waals surface area contributed by atoms with Gasteiger partial charge in [-0.1, -0.05) is 41.9 Å². The first-order valence-corrected chi connectivity index (χ1v) is 7.29. The van der Waals surface area contributed by atoms with Gasteiger partial charge in [0.15, 0.2) is 0 Å². The molecule has 18 heavy (non-hydrogen) atoms. The lowest BCUT2D eigenvalue weighted by atomic mass is 10.0. The van der Waals surface area contributed by atoms with E-state index in [1.165, 1.54) is 5.56 Å². The molecule has 3 heteroatoms. The van der Waals surface area contributed by atoms with Crippen molar-refractivity contribution in [1.82, 2.24) is 0 Å². The number of aryl methyl sites for hydroxylation is 1. The predicted octanol–water partition coefficient (Wildman–Crippen LogP) is 4.61. The lowest BCUT2D eigenvalue weighted by Gasteiger charge is -2.13. The summed E-state index contributed by atoms with van der Waals surface area (Å²) in [6, 6.07) is 15.8. The molecule has 2 aromatic rings. The number of hydrogen-bond donors (Lipinski definition) is 1. The van der Waals surface area contributed by atoms with Gasteiger partial charge >= 0.3 is 0 Å². The van der Waals surface area contributed by atoms with Gasteiger partial charge < -0.3 is 5.11 Å². The molecule has 0 bridgehead atoms. The third-order valence-corrected chi connectivity index (χ3v) is 4.08. The molecule has 0 saturated carbocycles. The molecule has 0 aliphatic heterocycles. The number of aliphatic hydroxyl groups excluding tert-OH is 1. The molecule has 94 valence electrons. The highest BCUT2D eigenvalue weighted by Gasteiger charge is 2.11. The molecular formula is C15H14ClIO. The van der Waals surface area contributed by atoms with Crippen LogP contribution < -0.4 is 0 Å². The van der Waals surface area contributed by atoms with E-state index in [2.05, 4.69) is 34.7 Å². The average Bonchev–Trinajstić information content (AvgIpc) is 2.40. The highest BCUT2D eigenvalue weighted by atomic mass is 127. The summed E-state index contributed by atoms with van der Waals surface area (Å²) >= 11 is 8.19. The largest absolute Gasteiger partial charge is 0.388 e. The Morgan fingerprint density at radius 2 is 1.83 bits per heavy atom. The molecule has 2 rings (SSSR count). The predicted molar refractivity (Wildman–Crippen MR) is 83.9 cm³/mol. The van der Waals surface area contributed by atoms with Crippen molar-refractivity contribution >= 4 is 34.2 Å². The minimum Gasteiger partial charge on any atom is -0.388 e. The van der Waals surface area contributed by atoms with Crippen LogP contribution in [0.3, 0.4) is 0 Å². The Balaban J connectivity index is 2.03. The SMILES string of the molecule is OC(CCc1ccccc1)c1cc(Cl)ccc1I. The summed E-state index contributed by atoms with van der Waals surface area (Å²) in [6.45, 7) is 0. The van der Waals surface area contributed by atoms with Crippen molar-refractivity contribution in [1.29, 1.82) is 0 Å². The van der Waals surface area contributed by atoms with Crippen LogP contribution in [0.25, 0.3) is 0 Å². The second-order valence-electron chi connectivity index (χ2n) is 4.21. The first kappa shape index (κ1) is 13.8. The van der Waals surface area contributed by atoms with Crippen LogP contribution >= 0.6 is 34.2 Å². The molecule has 1 unspecified atom stereocenters. The Hall–Kier alpha value is -0.580. The van der Waals surface area contributed by atoms with Crippen LogP contribution in [0.2, 0.25) is 5.02 Å². The number of hydrogen-bond acceptors (Lipinski definition) is 1. The van der Waals surface area contributed by atoms with E-state index in [9.17, 15) is 5.11 Å². The van der Waals surface area contributed by atoms with Gasteiger partial charge in [-0.2, -0.15) is 0 Å². The normalized spacial score (nSPS) is 12.4. The van der Waals surface area contributed by atoms with Gasteiger partial charge in [-0.15, -0.1) is 0 Å². The van der Waals surface area contributed by atoms with Crippen LogP contribution in [-0.4, -0.2) is 5.11 Å². The Bertz CT molecular complexity index is 513. The second kappa shape index (κ2) is 6.55. The second-order valence-corrected chi connectivity index (χ2v) is 5.80. The monoisotopic (exact) mass is 372 g/mol. The fraction of sp³-hybridized carbons (Fsp3) is 0.200. The number of halogens is 2. The Morgan fingerprint density at radius 3 is 2.56 bits per heavy atom. The zero-order chi connectivity index (χ0) is 13.0. The van der Waals surface area contributed by atoms with Gasteiger partial charge in [0.1, 0.15) is 0 Å². The number of benzene rings is 2. The van der Waals surface area contributed by atoms with E-state index >= 15 is 0 Å². The van der Waals surface area contributed by atoms with Crippen LogP contribution in [0.1, 0.15) is 23.7 Å². The summed E-state index contributed by atoms with van der Waals surface area (Å²) in [7, 11) is 0. The van der Waals surface area contributed by atoms with Crippen molar-refractivity contribution in [3.8, 4) is 0 Å². The standard InChI is InChI=1S/C15H14ClIO/c16-12-7-8-14(17)13(10-12)15(18)9-6-11-4-2-1-3-5-11/h1-5,7-8,10,15,18H,6,9H2. The van der Waals surface area contributed by atoms with Gasteiger partial charge in [-0.3, -0.25) is 0 Å². The molecule has 0 radical (unpaired) electrons. The third-order valence-electron chi connectivity index (χ3n) is 2.87. The number of aliphatic hydroxyl groups is 1. The van der Waals surface area contributed by atoms with E-state index in [0.717, 1.165) is 15.6 Å². The quantitative estimate of drug-likeness (QED) is 0.777. The Labute approximate surface area is 126 Å². The van der Waals surface area contributed by atoms with E-state index in [0.29, 0.717) is 11.4 Å². The summed E-state index contributed by atoms with van der Waals surface area (Å²) < 4.78 is 1.05.